The lowest BCUT2D eigenvalue weighted by molar-refractivity contribution is 0.102. The molecule has 0 aliphatic rings. The molecule has 0 atom stereocenters. The van der Waals surface area contributed by atoms with E-state index in [2.05, 4.69) is 5.32 Å². The summed E-state index contributed by atoms with van der Waals surface area (Å²) in [4.78, 5) is 12.5. The van der Waals surface area contributed by atoms with Crippen molar-refractivity contribution in [3.8, 4) is 23.0 Å². The summed E-state index contributed by atoms with van der Waals surface area (Å²) in [6.07, 6.45) is 0. The Morgan fingerprint density at radius 1 is 0.826 bits per heavy atom. The average molecular weight is 317 g/mol. The highest BCUT2D eigenvalue weighted by Crippen LogP contribution is 2.38. The van der Waals surface area contributed by atoms with E-state index in [1.807, 2.05) is 12.1 Å². The lowest BCUT2D eigenvalue weighted by Gasteiger charge is -2.14. The molecule has 2 aromatic rings. The van der Waals surface area contributed by atoms with Crippen molar-refractivity contribution >= 4 is 11.6 Å². The molecule has 0 saturated carbocycles. The Morgan fingerprint density at radius 3 is 1.91 bits per heavy atom. The van der Waals surface area contributed by atoms with E-state index in [1.54, 1.807) is 31.4 Å². The minimum absolute atomic E-state index is 0.311. The number of anilines is 1. The van der Waals surface area contributed by atoms with Crippen molar-refractivity contribution in [2.45, 2.75) is 0 Å². The summed E-state index contributed by atoms with van der Waals surface area (Å²) < 4.78 is 21.0. The third-order valence-electron chi connectivity index (χ3n) is 3.28. The molecule has 0 unspecified atom stereocenters. The molecule has 0 fully saturated rings. The van der Waals surface area contributed by atoms with E-state index in [-0.39, 0.29) is 5.91 Å². The van der Waals surface area contributed by atoms with Crippen molar-refractivity contribution in [1.82, 2.24) is 0 Å². The molecule has 2 rings (SSSR count). The number of rotatable bonds is 6. The van der Waals surface area contributed by atoms with Crippen LogP contribution in [0, 0.1) is 0 Å². The topological polar surface area (TPSA) is 66.0 Å². The van der Waals surface area contributed by atoms with Crippen LogP contribution in [0.15, 0.2) is 36.4 Å². The monoisotopic (exact) mass is 317 g/mol. The van der Waals surface area contributed by atoms with Crippen molar-refractivity contribution in [2.75, 3.05) is 33.8 Å². The van der Waals surface area contributed by atoms with Gasteiger partial charge in [0.1, 0.15) is 5.75 Å². The fourth-order valence-electron chi connectivity index (χ4n) is 2.15. The first-order chi connectivity index (χ1) is 11.1. The Bertz CT molecular complexity index is 674. The third kappa shape index (κ3) is 3.48. The maximum Gasteiger partial charge on any atom is 0.256 e. The van der Waals surface area contributed by atoms with Crippen LogP contribution in [-0.2, 0) is 0 Å². The maximum atomic E-state index is 12.5. The van der Waals surface area contributed by atoms with Gasteiger partial charge in [-0.1, -0.05) is 12.1 Å². The van der Waals surface area contributed by atoms with E-state index in [0.717, 1.165) is 0 Å². The van der Waals surface area contributed by atoms with Gasteiger partial charge in [-0.25, -0.2) is 0 Å². The zero-order valence-corrected chi connectivity index (χ0v) is 13.5. The number of carbonyl (C=O) groups excluding carboxylic acids is 1. The quantitative estimate of drug-likeness (QED) is 0.887. The summed E-state index contributed by atoms with van der Waals surface area (Å²) in [6, 6.07) is 10.3. The Balaban J connectivity index is 2.36. The van der Waals surface area contributed by atoms with Gasteiger partial charge < -0.3 is 24.3 Å². The van der Waals surface area contributed by atoms with Crippen LogP contribution in [0.3, 0.4) is 0 Å². The first kappa shape index (κ1) is 16.5. The zero-order chi connectivity index (χ0) is 16.8. The first-order valence-corrected chi connectivity index (χ1v) is 6.89. The number of carbonyl (C=O) groups is 1. The maximum absolute atomic E-state index is 12.5. The van der Waals surface area contributed by atoms with Gasteiger partial charge in [-0.05, 0) is 24.3 Å². The standard InChI is InChI=1S/C17H19NO5/c1-20-13-8-6-5-7-12(13)18-17(19)11-9-14(21-2)16(23-4)15(10-11)22-3/h5-10H,1-4H3,(H,18,19). The fourth-order valence-corrected chi connectivity index (χ4v) is 2.15. The molecule has 0 aliphatic heterocycles. The predicted molar refractivity (Wildman–Crippen MR) is 87.0 cm³/mol. The SMILES string of the molecule is COc1ccccc1NC(=O)c1cc(OC)c(OC)c(OC)c1. The van der Waals surface area contributed by atoms with Crippen LogP contribution in [0.25, 0.3) is 0 Å². The molecule has 6 nitrogen and oxygen atoms in total. The van der Waals surface area contributed by atoms with Crippen LogP contribution in [0.4, 0.5) is 5.69 Å². The number of methoxy groups -OCH3 is 4. The molecule has 0 heterocycles. The lowest BCUT2D eigenvalue weighted by atomic mass is 10.1. The van der Waals surface area contributed by atoms with E-state index in [4.69, 9.17) is 18.9 Å². The van der Waals surface area contributed by atoms with Gasteiger partial charge >= 0.3 is 0 Å². The third-order valence-corrected chi connectivity index (χ3v) is 3.28. The Hall–Kier alpha value is -2.89. The van der Waals surface area contributed by atoms with Crippen molar-refractivity contribution in [2.24, 2.45) is 0 Å². The molecule has 122 valence electrons. The summed E-state index contributed by atoms with van der Waals surface area (Å²) in [5.74, 6) is 1.53. The second kappa shape index (κ2) is 7.40. The van der Waals surface area contributed by atoms with Gasteiger partial charge in [0.15, 0.2) is 11.5 Å². The smallest absolute Gasteiger partial charge is 0.256 e. The molecule has 1 amide bonds. The van der Waals surface area contributed by atoms with E-state index < -0.39 is 0 Å². The van der Waals surface area contributed by atoms with E-state index in [9.17, 15) is 4.79 Å². The van der Waals surface area contributed by atoms with Crippen molar-refractivity contribution < 1.29 is 23.7 Å². The largest absolute Gasteiger partial charge is 0.495 e. The van der Waals surface area contributed by atoms with Gasteiger partial charge in [0, 0.05) is 5.56 Å². The molecular formula is C17H19NO5. The number of ether oxygens (including phenoxy) is 4. The molecule has 2 aromatic carbocycles. The van der Waals surface area contributed by atoms with Crippen LogP contribution in [-0.4, -0.2) is 34.3 Å². The van der Waals surface area contributed by atoms with Crippen LogP contribution in [0.1, 0.15) is 10.4 Å². The normalized spacial score (nSPS) is 9.91. The summed E-state index contributed by atoms with van der Waals surface area (Å²) in [5, 5.41) is 2.80. The number of hydrogen-bond donors (Lipinski definition) is 1. The molecule has 0 aromatic heterocycles. The number of hydrogen-bond acceptors (Lipinski definition) is 5. The average Bonchev–Trinajstić information content (AvgIpc) is 2.60. The second-order valence-corrected chi connectivity index (χ2v) is 4.57. The van der Waals surface area contributed by atoms with Gasteiger partial charge in [-0.15, -0.1) is 0 Å². The van der Waals surface area contributed by atoms with Gasteiger partial charge in [0.25, 0.3) is 5.91 Å². The minimum atomic E-state index is -0.311. The summed E-state index contributed by atoms with van der Waals surface area (Å²) >= 11 is 0. The minimum Gasteiger partial charge on any atom is -0.495 e. The number of amides is 1. The molecule has 6 heteroatoms. The number of para-hydroxylation sites is 2. The Kier molecular flexibility index (Phi) is 5.30. The highest BCUT2D eigenvalue weighted by atomic mass is 16.5. The molecule has 23 heavy (non-hydrogen) atoms. The molecule has 0 saturated heterocycles. The van der Waals surface area contributed by atoms with Crippen molar-refractivity contribution in [3.63, 3.8) is 0 Å². The van der Waals surface area contributed by atoms with Crippen molar-refractivity contribution in [1.29, 1.82) is 0 Å². The van der Waals surface area contributed by atoms with Crippen molar-refractivity contribution in [3.05, 3.63) is 42.0 Å². The first-order valence-electron chi connectivity index (χ1n) is 6.89. The summed E-state index contributed by atoms with van der Waals surface area (Å²) in [6.45, 7) is 0. The molecule has 0 radical (unpaired) electrons. The Morgan fingerprint density at radius 2 is 1.39 bits per heavy atom. The molecule has 0 aliphatic carbocycles. The number of benzene rings is 2. The summed E-state index contributed by atoms with van der Waals surface area (Å²) in [5.41, 5.74) is 0.958. The highest BCUT2D eigenvalue weighted by Gasteiger charge is 2.17. The predicted octanol–water partition coefficient (Wildman–Crippen LogP) is 2.97. The lowest BCUT2D eigenvalue weighted by Crippen LogP contribution is -2.13. The fraction of sp³-hybridized carbons (Fsp3) is 0.235. The second-order valence-electron chi connectivity index (χ2n) is 4.57. The van der Waals surface area contributed by atoms with Gasteiger partial charge in [-0.2, -0.15) is 0 Å². The molecule has 0 bridgehead atoms. The van der Waals surface area contributed by atoms with Crippen LogP contribution >= 0.6 is 0 Å². The van der Waals surface area contributed by atoms with E-state index in [1.165, 1.54) is 21.3 Å². The Labute approximate surface area is 134 Å². The van der Waals surface area contributed by atoms with Crippen LogP contribution in [0.5, 0.6) is 23.0 Å². The highest BCUT2D eigenvalue weighted by molar-refractivity contribution is 6.05. The van der Waals surface area contributed by atoms with E-state index in [0.29, 0.717) is 34.2 Å². The van der Waals surface area contributed by atoms with Crippen LogP contribution in [0.2, 0.25) is 0 Å². The zero-order valence-electron chi connectivity index (χ0n) is 13.5. The summed E-state index contributed by atoms with van der Waals surface area (Å²) in [7, 11) is 6.05. The molecular weight excluding hydrogens is 298 g/mol. The van der Waals surface area contributed by atoms with Gasteiger partial charge in [-0.3, -0.25) is 4.79 Å². The van der Waals surface area contributed by atoms with Gasteiger partial charge in [0.2, 0.25) is 5.75 Å². The molecule has 0 spiro atoms. The van der Waals surface area contributed by atoms with E-state index >= 15 is 0 Å². The van der Waals surface area contributed by atoms with Gasteiger partial charge in [0.05, 0.1) is 34.1 Å². The number of nitrogens with one attached hydrogen (secondary N) is 1. The van der Waals surface area contributed by atoms with Crippen LogP contribution < -0.4 is 24.3 Å². The molecule has 1 N–H and O–H groups in total.